The Kier molecular flexibility index (Phi) is 158. The third-order valence-corrected chi connectivity index (χ3v) is 0. The van der Waals surface area contributed by atoms with Crippen molar-refractivity contribution in [3.8, 4) is 0 Å². The van der Waals surface area contributed by atoms with Crippen molar-refractivity contribution in [2.24, 2.45) is 0 Å². The fourth-order valence-corrected chi connectivity index (χ4v) is 0. The zero-order valence-electron chi connectivity index (χ0n) is 2.28. The molecule has 1 heteroatoms. The van der Waals surface area contributed by atoms with Gasteiger partial charge in [-0.3, -0.25) is 0 Å². The van der Waals surface area contributed by atoms with Gasteiger partial charge in [-0.05, 0) is 0 Å². The van der Waals surface area contributed by atoms with E-state index in [-0.39, 0.29) is 41.6 Å². The molecule has 0 aliphatic rings. The maximum atomic E-state index is 3.25. The Morgan fingerprint density at radius 2 is 1.50 bits per heavy atom. The monoisotopic (exact) mass is 137 g/mol. The molecule has 0 bridgehead atoms. The summed E-state index contributed by atoms with van der Waals surface area (Å²) >= 11 is 0. The van der Waals surface area contributed by atoms with E-state index in [1.165, 1.54) is 0 Å². The second-order valence-corrected chi connectivity index (χ2v) is 0. The first-order valence-electron chi connectivity index (χ1n) is 0.707. The fraction of sp³-hybridized carbons (Fsp3) is 0.667. The molecule has 0 rings (SSSR count). The molecule has 0 heterocycles. The van der Waals surface area contributed by atoms with E-state index >= 15 is 0 Å². The van der Waals surface area contributed by atoms with Crippen LogP contribution in [0.25, 0.3) is 0 Å². The summed E-state index contributed by atoms with van der Waals surface area (Å²) in [7, 11) is 0. The minimum atomic E-state index is 0. The van der Waals surface area contributed by atoms with E-state index < -0.39 is 0 Å². The smallest absolute Gasteiger partial charge is 0 e. The van der Waals surface area contributed by atoms with E-state index in [2.05, 4.69) is 6.92 Å². The summed E-state index contributed by atoms with van der Waals surface area (Å²) in [6.07, 6.45) is 0. The predicted octanol–water partition coefficient (Wildman–Crippen LogP) is 1.72. The third kappa shape index (κ3) is 11.3. The van der Waals surface area contributed by atoms with Gasteiger partial charge in [0, 0.05) is 34.1 Å². The molecule has 0 aromatic rings. The van der Waals surface area contributed by atoms with E-state index in [0.717, 1.165) is 0 Å². The summed E-state index contributed by atoms with van der Waals surface area (Å²) < 4.78 is 0. The Balaban J connectivity index is -0.00000000167. The second kappa shape index (κ2) is 32.4. The van der Waals surface area contributed by atoms with Crippen LogP contribution in [-0.4, -0.2) is 0 Å². The molecule has 0 aliphatic heterocycles. The predicted molar refractivity (Wildman–Crippen MR) is 19.9 cm³/mol. The van der Waals surface area contributed by atoms with Gasteiger partial charge >= 0.3 is 0 Å². The Bertz CT molecular complexity index is 6.85. The Morgan fingerprint density at radius 1 is 1.50 bits per heavy atom. The van der Waals surface area contributed by atoms with Crippen LogP contribution in [0.1, 0.15) is 15.8 Å². The summed E-state index contributed by atoms with van der Waals surface area (Å²) in [4.78, 5) is 0. The molecule has 0 aromatic heterocycles. The first kappa shape index (κ1) is 19.4. The van der Waals surface area contributed by atoms with Gasteiger partial charge in [-0.25, -0.2) is 0 Å². The molecule has 1 radical (unpaired) electrons. The fourth-order valence-electron chi connectivity index (χ4n) is 0. The molecule has 0 N–H and O–H groups in total. The van der Waals surface area contributed by atoms with Crippen molar-refractivity contribution in [3.63, 3.8) is 0 Å². The normalized spacial score (nSPS) is 1.50. The average molecular weight is 137 g/mol. The van der Waals surface area contributed by atoms with Crippen LogP contribution in [0, 0.1) is 6.92 Å². The number of rotatable bonds is 0. The van der Waals surface area contributed by atoms with Crippen LogP contribution in [0.3, 0.4) is 0 Å². The van der Waals surface area contributed by atoms with Crippen LogP contribution in [0.15, 0.2) is 0 Å². The van der Waals surface area contributed by atoms with E-state index in [0.29, 0.717) is 0 Å². The molecule has 0 spiro atoms. The molecule has 0 fully saturated rings. The molecule has 27 valence electrons. The summed E-state index contributed by atoms with van der Waals surface area (Å²) in [6, 6.07) is 0. The largest absolute Gasteiger partial charge is 0.346 e. The van der Waals surface area contributed by atoms with Crippen molar-refractivity contribution in [2.75, 3.05) is 0 Å². The van der Waals surface area contributed by atoms with Crippen LogP contribution in [0.5, 0.6) is 0 Å². The van der Waals surface area contributed by atoms with Crippen molar-refractivity contribution in [2.45, 2.75) is 14.4 Å². The third-order valence-electron chi connectivity index (χ3n) is 0. The van der Waals surface area contributed by atoms with E-state index in [4.69, 9.17) is 0 Å². The molecule has 0 saturated heterocycles. The van der Waals surface area contributed by atoms with E-state index in [1.54, 1.807) is 6.92 Å². The summed E-state index contributed by atoms with van der Waals surface area (Å²) in [5.41, 5.74) is 0. The summed E-state index contributed by atoms with van der Waals surface area (Å²) in [5.74, 6) is 0. The zero-order chi connectivity index (χ0) is 2.00. The standard InChI is InChI=1S/C2H5.CH4.Y.H2/c1-2;;;/h1H2,2H3;1H4;;1H/q-1;;;/i;;;1+1. The summed E-state index contributed by atoms with van der Waals surface area (Å²) in [5, 5.41) is 0. The van der Waals surface area contributed by atoms with Gasteiger partial charge in [0.2, 0.25) is 0 Å². The van der Waals surface area contributed by atoms with Gasteiger partial charge in [-0.15, -0.1) is 0 Å². The number of hydrogen-bond donors (Lipinski definition) is 0. The van der Waals surface area contributed by atoms with Crippen LogP contribution in [0.4, 0.5) is 0 Å². The molecule has 0 atom stereocenters. The minimum absolute atomic E-state index is 0. The molecular weight excluding hydrogens is 125 g/mol. The van der Waals surface area contributed by atoms with Gasteiger partial charge in [0.15, 0.2) is 0 Å². The molecule has 0 nitrogen and oxygen atoms in total. The number of hydrogen-bond acceptors (Lipinski definition) is 0. The van der Waals surface area contributed by atoms with Crippen molar-refractivity contribution in [3.05, 3.63) is 6.92 Å². The SMILES string of the molecule is C.[2HH].[CH2-]C.[Y]. The first-order chi connectivity index (χ1) is 1.00. The van der Waals surface area contributed by atoms with Gasteiger partial charge in [-0.1, -0.05) is 7.43 Å². The van der Waals surface area contributed by atoms with Crippen molar-refractivity contribution in [1.29, 1.82) is 0 Å². The Hall–Kier alpha value is 1.10. The molecule has 0 saturated carbocycles. The molecule has 0 aromatic carbocycles. The van der Waals surface area contributed by atoms with Crippen LogP contribution in [-0.2, 0) is 32.7 Å². The van der Waals surface area contributed by atoms with Crippen LogP contribution < -0.4 is 0 Å². The maximum absolute atomic E-state index is 3.25. The maximum Gasteiger partial charge on any atom is 0 e. The van der Waals surface area contributed by atoms with Crippen LogP contribution >= 0.6 is 0 Å². The molecule has 0 aliphatic carbocycles. The summed E-state index contributed by atoms with van der Waals surface area (Å²) in [6.45, 7) is 5.00. The van der Waals surface area contributed by atoms with Gasteiger partial charge in [0.05, 0.1) is 0 Å². The average Bonchev–Trinajstić information content (AvgIpc) is 1.00. The molecular formula is C3H11Y-. The van der Waals surface area contributed by atoms with Gasteiger partial charge in [-0.2, -0.15) is 6.92 Å². The van der Waals surface area contributed by atoms with Crippen molar-refractivity contribution >= 4 is 0 Å². The van der Waals surface area contributed by atoms with Crippen molar-refractivity contribution in [1.82, 2.24) is 0 Å². The first-order valence-corrected chi connectivity index (χ1v) is 0.707. The topological polar surface area (TPSA) is 0 Å². The minimum Gasteiger partial charge on any atom is -0.346 e. The quantitative estimate of drug-likeness (QED) is 0.446. The van der Waals surface area contributed by atoms with Crippen LogP contribution in [0.2, 0.25) is 0 Å². The zero-order valence-corrected chi connectivity index (χ0v) is 5.12. The molecule has 0 unspecified atom stereocenters. The van der Waals surface area contributed by atoms with Gasteiger partial charge in [0.1, 0.15) is 0 Å². The van der Waals surface area contributed by atoms with Gasteiger partial charge in [0.25, 0.3) is 0 Å². The van der Waals surface area contributed by atoms with Gasteiger partial charge < -0.3 is 6.92 Å². The second-order valence-electron chi connectivity index (χ2n) is 0. The van der Waals surface area contributed by atoms with E-state index in [1.807, 2.05) is 0 Å². The Labute approximate surface area is 55.3 Å². The van der Waals surface area contributed by atoms with E-state index in [9.17, 15) is 0 Å². The molecule has 0 amide bonds. The van der Waals surface area contributed by atoms with Crippen molar-refractivity contribution < 1.29 is 34.1 Å². The Morgan fingerprint density at radius 3 is 1.50 bits per heavy atom. The molecule has 4 heavy (non-hydrogen) atoms.